The quantitative estimate of drug-likeness (QED) is 0.672. The van der Waals surface area contributed by atoms with Crippen LogP contribution >= 0.6 is 11.3 Å². The first kappa shape index (κ1) is 20.7. The van der Waals surface area contributed by atoms with E-state index in [1.165, 1.54) is 16.2 Å². The van der Waals surface area contributed by atoms with Gasteiger partial charge in [0.05, 0.1) is 18.8 Å². The van der Waals surface area contributed by atoms with E-state index < -0.39 is 0 Å². The molecule has 1 fully saturated rings. The maximum absolute atomic E-state index is 12.9. The Morgan fingerprint density at radius 1 is 1.20 bits per heavy atom. The minimum atomic E-state index is -0.311. The number of thiophene rings is 1. The topological polar surface area (TPSA) is 85.9 Å². The van der Waals surface area contributed by atoms with Gasteiger partial charge in [-0.05, 0) is 49.8 Å². The average Bonchev–Trinajstić information content (AvgIpc) is 3.48. The smallest absolute Gasteiger partial charge is 0.262 e. The van der Waals surface area contributed by atoms with Gasteiger partial charge in [-0.1, -0.05) is 12.1 Å². The number of hydrogen-bond acceptors (Lipinski definition) is 6. The van der Waals surface area contributed by atoms with Crippen molar-refractivity contribution in [2.45, 2.75) is 38.2 Å². The molecule has 1 aromatic heterocycles. The molecule has 8 heteroatoms. The summed E-state index contributed by atoms with van der Waals surface area (Å²) in [5, 5.41) is 6.46. The van der Waals surface area contributed by atoms with Gasteiger partial charge in [0.2, 0.25) is 0 Å². The highest BCUT2D eigenvalue weighted by Gasteiger charge is 2.28. The number of benzene rings is 1. The number of anilines is 1. The molecule has 4 rings (SSSR count). The lowest BCUT2D eigenvalue weighted by molar-refractivity contribution is -0.118. The molecule has 7 nitrogen and oxygen atoms in total. The Morgan fingerprint density at radius 3 is 2.80 bits per heavy atom. The Labute approximate surface area is 179 Å². The van der Waals surface area contributed by atoms with E-state index in [0.29, 0.717) is 28.6 Å². The summed E-state index contributed by atoms with van der Waals surface area (Å²) in [6, 6.07) is 7.17. The van der Waals surface area contributed by atoms with Gasteiger partial charge in [0.15, 0.2) is 18.1 Å². The van der Waals surface area contributed by atoms with Crippen LogP contribution in [-0.4, -0.2) is 44.8 Å². The van der Waals surface area contributed by atoms with Crippen LogP contribution in [0.3, 0.4) is 0 Å². The predicted molar refractivity (Wildman–Crippen MR) is 115 cm³/mol. The predicted octanol–water partition coefficient (Wildman–Crippen LogP) is 3.17. The Morgan fingerprint density at radius 2 is 2.03 bits per heavy atom. The summed E-state index contributed by atoms with van der Waals surface area (Å²) in [5.74, 6) is 0.604. The molecule has 0 saturated carbocycles. The molecular formula is C22H26N2O5S. The summed E-state index contributed by atoms with van der Waals surface area (Å²) >= 11 is 1.49. The van der Waals surface area contributed by atoms with E-state index in [2.05, 4.69) is 10.6 Å². The van der Waals surface area contributed by atoms with E-state index in [0.717, 1.165) is 44.3 Å². The number of carbonyl (C=O) groups is 2. The summed E-state index contributed by atoms with van der Waals surface area (Å²) in [6.07, 6.45) is 4.92. The number of carbonyl (C=O) groups excluding carboxylic acids is 2. The second-order valence-electron chi connectivity index (χ2n) is 7.39. The van der Waals surface area contributed by atoms with E-state index in [4.69, 9.17) is 14.2 Å². The van der Waals surface area contributed by atoms with Crippen LogP contribution in [0.15, 0.2) is 24.3 Å². The van der Waals surface area contributed by atoms with Crippen molar-refractivity contribution in [3.8, 4) is 11.5 Å². The van der Waals surface area contributed by atoms with Crippen LogP contribution in [0.1, 0.15) is 40.1 Å². The standard InChI is InChI=1S/C22H26N2O5S/c1-27-16-8-2-3-9-17(16)29-13-19(25)24-22-20(15-7-4-10-18(15)30-22)21(26)23-12-14-6-5-11-28-14/h2-3,8-9,14H,4-7,10-13H2,1H3,(H,23,26)(H,24,25)/t14-/m0/s1. The van der Waals surface area contributed by atoms with Crippen molar-refractivity contribution in [3.05, 3.63) is 40.3 Å². The molecule has 1 atom stereocenters. The number of hydrogen-bond donors (Lipinski definition) is 2. The van der Waals surface area contributed by atoms with Gasteiger partial charge in [0.1, 0.15) is 5.00 Å². The van der Waals surface area contributed by atoms with E-state index in [-0.39, 0.29) is 24.5 Å². The molecule has 1 aliphatic carbocycles. The molecule has 2 aromatic rings. The van der Waals surface area contributed by atoms with Gasteiger partial charge in [-0.15, -0.1) is 11.3 Å². The number of nitrogens with one attached hydrogen (secondary N) is 2. The van der Waals surface area contributed by atoms with Crippen molar-refractivity contribution in [2.24, 2.45) is 0 Å². The summed E-state index contributed by atoms with van der Waals surface area (Å²) in [5.41, 5.74) is 1.65. The zero-order valence-electron chi connectivity index (χ0n) is 17.0. The highest BCUT2D eigenvalue weighted by Crippen LogP contribution is 2.39. The van der Waals surface area contributed by atoms with Crippen LogP contribution < -0.4 is 20.1 Å². The van der Waals surface area contributed by atoms with Gasteiger partial charge >= 0.3 is 0 Å². The van der Waals surface area contributed by atoms with Crippen LogP contribution in [0.4, 0.5) is 5.00 Å². The van der Waals surface area contributed by atoms with Gasteiger partial charge in [-0.25, -0.2) is 0 Å². The first-order valence-electron chi connectivity index (χ1n) is 10.3. The summed E-state index contributed by atoms with van der Waals surface area (Å²) in [4.78, 5) is 26.6. The Bertz CT molecular complexity index is 920. The molecule has 1 saturated heterocycles. The lowest BCUT2D eigenvalue weighted by Crippen LogP contribution is -2.32. The second kappa shape index (κ2) is 9.49. The molecular weight excluding hydrogens is 404 g/mol. The van der Waals surface area contributed by atoms with Crippen LogP contribution in [0.2, 0.25) is 0 Å². The third-order valence-corrected chi connectivity index (χ3v) is 6.55. The first-order valence-corrected chi connectivity index (χ1v) is 11.1. The molecule has 2 heterocycles. The highest BCUT2D eigenvalue weighted by molar-refractivity contribution is 7.17. The Kier molecular flexibility index (Phi) is 6.54. The van der Waals surface area contributed by atoms with Crippen molar-refractivity contribution >= 4 is 28.2 Å². The lowest BCUT2D eigenvalue weighted by Gasteiger charge is -2.13. The van der Waals surface area contributed by atoms with E-state index in [1.54, 1.807) is 19.2 Å². The average molecular weight is 431 g/mol. The monoisotopic (exact) mass is 430 g/mol. The third kappa shape index (κ3) is 4.60. The maximum atomic E-state index is 12.9. The van der Waals surface area contributed by atoms with Gasteiger partial charge in [-0.3, -0.25) is 9.59 Å². The summed E-state index contributed by atoms with van der Waals surface area (Å²) in [6.45, 7) is 1.08. The zero-order chi connectivity index (χ0) is 20.9. The Balaban J connectivity index is 1.42. The van der Waals surface area contributed by atoms with Crippen molar-refractivity contribution in [2.75, 3.05) is 32.2 Å². The number of para-hydroxylation sites is 2. The minimum absolute atomic E-state index is 0.0768. The minimum Gasteiger partial charge on any atom is -0.493 e. The summed E-state index contributed by atoms with van der Waals surface area (Å²) in [7, 11) is 1.55. The normalized spacial score (nSPS) is 17.4. The molecule has 160 valence electrons. The fraction of sp³-hybridized carbons (Fsp3) is 0.455. The summed E-state index contributed by atoms with van der Waals surface area (Å²) < 4.78 is 16.4. The molecule has 30 heavy (non-hydrogen) atoms. The highest BCUT2D eigenvalue weighted by atomic mass is 32.1. The molecule has 1 aromatic carbocycles. The van der Waals surface area contributed by atoms with Gasteiger partial charge < -0.3 is 24.8 Å². The number of fused-ring (bicyclic) bond motifs is 1. The van der Waals surface area contributed by atoms with E-state index in [9.17, 15) is 9.59 Å². The molecule has 2 N–H and O–H groups in total. The van der Waals surface area contributed by atoms with Gasteiger partial charge in [-0.2, -0.15) is 0 Å². The molecule has 2 aliphatic rings. The van der Waals surface area contributed by atoms with Crippen LogP contribution in [0, 0.1) is 0 Å². The second-order valence-corrected chi connectivity index (χ2v) is 8.50. The fourth-order valence-corrected chi connectivity index (χ4v) is 5.18. The van der Waals surface area contributed by atoms with Crippen LogP contribution in [0.5, 0.6) is 11.5 Å². The van der Waals surface area contributed by atoms with Gasteiger partial charge in [0.25, 0.3) is 11.8 Å². The molecule has 0 spiro atoms. The van der Waals surface area contributed by atoms with Gasteiger partial charge in [0, 0.05) is 18.0 Å². The molecule has 0 radical (unpaired) electrons. The number of amides is 2. The number of aryl methyl sites for hydroxylation is 1. The number of methoxy groups -OCH3 is 1. The zero-order valence-corrected chi connectivity index (χ0v) is 17.8. The number of rotatable bonds is 8. The molecule has 0 bridgehead atoms. The van der Waals surface area contributed by atoms with E-state index in [1.807, 2.05) is 12.1 Å². The largest absolute Gasteiger partial charge is 0.493 e. The lowest BCUT2D eigenvalue weighted by atomic mass is 10.1. The molecule has 2 amide bonds. The maximum Gasteiger partial charge on any atom is 0.262 e. The van der Waals surface area contributed by atoms with Crippen molar-refractivity contribution in [1.29, 1.82) is 0 Å². The van der Waals surface area contributed by atoms with Crippen molar-refractivity contribution < 1.29 is 23.8 Å². The Hall–Kier alpha value is -2.58. The van der Waals surface area contributed by atoms with Crippen LogP contribution in [-0.2, 0) is 22.4 Å². The van der Waals surface area contributed by atoms with Crippen molar-refractivity contribution in [1.82, 2.24) is 5.32 Å². The van der Waals surface area contributed by atoms with Crippen LogP contribution in [0.25, 0.3) is 0 Å². The third-order valence-electron chi connectivity index (χ3n) is 5.34. The van der Waals surface area contributed by atoms with E-state index >= 15 is 0 Å². The molecule has 1 aliphatic heterocycles. The molecule has 0 unspecified atom stereocenters. The number of ether oxygens (including phenoxy) is 3. The van der Waals surface area contributed by atoms with Crippen molar-refractivity contribution in [3.63, 3.8) is 0 Å². The fourth-order valence-electron chi connectivity index (χ4n) is 3.88. The first-order chi connectivity index (χ1) is 14.7. The SMILES string of the molecule is COc1ccccc1OCC(=O)Nc1sc2c(c1C(=O)NC[C@@H]1CCCO1)CCC2.